The summed E-state index contributed by atoms with van der Waals surface area (Å²) in [5, 5.41) is 0. The lowest BCUT2D eigenvalue weighted by molar-refractivity contribution is -0.118. The Hall–Kier alpha value is -1.55. The smallest absolute Gasteiger partial charge is 0.167 e. The Labute approximate surface area is 123 Å². The van der Waals surface area contributed by atoms with Crippen LogP contribution < -0.4 is 15.2 Å². The van der Waals surface area contributed by atoms with Crippen LogP contribution in [0.3, 0.4) is 0 Å². The molecule has 4 nitrogen and oxygen atoms in total. The molecular formula is C16H29NO3. The van der Waals surface area contributed by atoms with E-state index in [1.165, 1.54) is 19.5 Å². The standard InChI is InChI=1S/C13H18O3.C2H6.CH5N/c1-4-5-11-6-7-12(13(8-11)15-3)16-9-10(2)14;2*1-2/h6-8H,4-5,9H2,1-3H3;1-2H3;2H2,1H3. The summed E-state index contributed by atoms with van der Waals surface area (Å²) in [6, 6.07) is 5.81. The number of benzene rings is 1. The highest BCUT2D eigenvalue weighted by molar-refractivity contribution is 5.77. The van der Waals surface area contributed by atoms with Crippen LogP contribution in [0, 0.1) is 0 Å². The molecule has 0 aliphatic rings. The van der Waals surface area contributed by atoms with Crippen LogP contribution in [-0.4, -0.2) is 26.5 Å². The van der Waals surface area contributed by atoms with Gasteiger partial charge < -0.3 is 15.2 Å². The molecule has 0 aromatic heterocycles. The van der Waals surface area contributed by atoms with Gasteiger partial charge in [-0.1, -0.05) is 33.3 Å². The van der Waals surface area contributed by atoms with Gasteiger partial charge in [-0.2, -0.15) is 0 Å². The van der Waals surface area contributed by atoms with Gasteiger partial charge in [0.2, 0.25) is 0 Å². The molecule has 4 heteroatoms. The summed E-state index contributed by atoms with van der Waals surface area (Å²) in [4.78, 5) is 10.8. The van der Waals surface area contributed by atoms with Gasteiger partial charge in [0.1, 0.15) is 6.61 Å². The fraction of sp³-hybridized carbons (Fsp3) is 0.562. The maximum atomic E-state index is 10.8. The quantitative estimate of drug-likeness (QED) is 0.870. The zero-order chi connectivity index (χ0) is 16.0. The number of rotatable bonds is 6. The zero-order valence-corrected chi connectivity index (χ0v) is 13.7. The van der Waals surface area contributed by atoms with Gasteiger partial charge in [0.15, 0.2) is 17.3 Å². The summed E-state index contributed by atoms with van der Waals surface area (Å²) < 4.78 is 10.6. The van der Waals surface area contributed by atoms with Crippen LogP contribution in [0.1, 0.15) is 39.7 Å². The fourth-order valence-electron chi connectivity index (χ4n) is 1.45. The molecule has 0 bridgehead atoms. The molecule has 0 heterocycles. The summed E-state index contributed by atoms with van der Waals surface area (Å²) in [6.45, 7) is 7.72. The lowest BCUT2D eigenvalue weighted by Crippen LogP contribution is -2.07. The molecule has 0 fully saturated rings. The minimum atomic E-state index is -0.000289. The summed E-state index contributed by atoms with van der Waals surface area (Å²) in [7, 11) is 3.10. The number of ketones is 1. The van der Waals surface area contributed by atoms with E-state index in [9.17, 15) is 4.79 Å². The van der Waals surface area contributed by atoms with Crippen molar-refractivity contribution in [3.05, 3.63) is 23.8 Å². The van der Waals surface area contributed by atoms with Gasteiger partial charge in [-0.05, 0) is 38.1 Å². The highest BCUT2D eigenvalue weighted by Crippen LogP contribution is 2.28. The number of Topliss-reactive ketones (excluding diaryl/α,β-unsaturated/α-hetero) is 1. The third-order valence-corrected chi connectivity index (χ3v) is 2.20. The van der Waals surface area contributed by atoms with Crippen LogP contribution in [0.15, 0.2) is 18.2 Å². The van der Waals surface area contributed by atoms with Gasteiger partial charge >= 0.3 is 0 Å². The first-order valence-electron chi connectivity index (χ1n) is 7.04. The molecule has 1 rings (SSSR count). The molecule has 0 aliphatic carbocycles. The molecule has 116 valence electrons. The molecule has 0 saturated carbocycles. The van der Waals surface area contributed by atoms with Gasteiger partial charge in [0, 0.05) is 0 Å². The van der Waals surface area contributed by atoms with Crippen molar-refractivity contribution >= 4 is 5.78 Å². The average molecular weight is 283 g/mol. The largest absolute Gasteiger partial charge is 0.493 e. The molecule has 0 aliphatic heterocycles. The Morgan fingerprint density at radius 3 is 2.25 bits per heavy atom. The number of aryl methyl sites for hydroxylation is 1. The van der Waals surface area contributed by atoms with Crippen LogP contribution in [-0.2, 0) is 11.2 Å². The predicted molar refractivity (Wildman–Crippen MR) is 84.6 cm³/mol. The molecule has 1 aromatic rings. The average Bonchev–Trinajstić information content (AvgIpc) is 2.50. The Kier molecular flexibility index (Phi) is 14.4. The molecule has 0 amide bonds. The molecule has 0 unspecified atom stereocenters. The highest BCUT2D eigenvalue weighted by Gasteiger charge is 2.06. The second kappa shape index (κ2) is 13.9. The van der Waals surface area contributed by atoms with Crippen molar-refractivity contribution in [2.24, 2.45) is 5.73 Å². The van der Waals surface area contributed by atoms with E-state index in [2.05, 4.69) is 12.7 Å². The van der Waals surface area contributed by atoms with Crippen molar-refractivity contribution < 1.29 is 14.3 Å². The lowest BCUT2D eigenvalue weighted by atomic mass is 10.1. The van der Waals surface area contributed by atoms with E-state index in [1.54, 1.807) is 7.11 Å². The second-order valence-electron chi connectivity index (χ2n) is 3.73. The highest BCUT2D eigenvalue weighted by atomic mass is 16.5. The monoisotopic (exact) mass is 283 g/mol. The summed E-state index contributed by atoms with van der Waals surface area (Å²) >= 11 is 0. The number of ether oxygens (including phenoxy) is 2. The molecule has 0 spiro atoms. The van der Waals surface area contributed by atoms with Crippen LogP contribution in [0.5, 0.6) is 11.5 Å². The van der Waals surface area contributed by atoms with Crippen LogP contribution in [0.4, 0.5) is 0 Å². The van der Waals surface area contributed by atoms with Crippen LogP contribution in [0.2, 0.25) is 0 Å². The molecule has 20 heavy (non-hydrogen) atoms. The van der Waals surface area contributed by atoms with Gasteiger partial charge in [0.05, 0.1) is 7.11 Å². The number of hydrogen-bond acceptors (Lipinski definition) is 4. The first-order valence-corrected chi connectivity index (χ1v) is 7.04. The Morgan fingerprint density at radius 1 is 1.20 bits per heavy atom. The fourth-order valence-corrected chi connectivity index (χ4v) is 1.45. The zero-order valence-electron chi connectivity index (χ0n) is 13.7. The topological polar surface area (TPSA) is 61.5 Å². The van der Waals surface area contributed by atoms with E-state index < -0.39 is 0 Å². The van der Waals surface area contributed by atoms with Crippen LogP contribution >= 0.6 is 0 Å². The van der Waals surface area contributed by atoms with Crippen molar-refractivity contribution in [3.63, 3.8) is 0 Å². The van der Waals surface area contributed by atoms with Crippen molar-refractivity contribution in [2.45, 2.75) is 40.5 Å². The predicted octanol–water partition coefficient (Wildman–Crippen LogP) is 3.22. The Bertz CT molecular complexity index is 365. The molecule has 0 radical (unpaired) electrons. The number of carbonyl (C=O) groups is 1. The SMILES string of the molecule is CC.CCCc1ccc(OCC(C)=O)c(OC)c1.CN. The maximum Gasteiger partial charge on any atom is 0.167 e. The van der Waals surface area contributed by atoms with E-state index in [4.69, 9.17) is 9.47 Å². The molecular weight excluding hydrogens is 254 g/mol. The summed E-state index contributed by atoms with van der Waals surface area (Å²) in [5.74, 6) is 1.31. The lowest BCUT2D eigenvalue weighted by Gasteiger charge is -2.10. The van der Waals surface area contributed by atoms with Crippen molar-refractivity contribution in [3.8, 4) is 11.5 Å². The van der Waals surface area contributed by atoms with Gasteiger partial charge in [-0.25, -0.2) is 0 Å². The van der Waals surface area contributed by atoms with E-state index in [1.807, 2.05) is 32.0 Å². The number of carbonyl (C=O) groups excluding carboxylic acids is 1. The van der Waals surface area contributed by atoms with Crippen molar-refractivity contribution in [1.82, 2.24) is 0 Å². The minimum Gasteiger partial charge on any atom is -0.493 e. The van der Waals surface area contributed by atoms with E-state index in [-0.39, 0.29) is 12.4 Å². The van der Waals surface area contributed by atoms with Crippen molar-refractivity contribution in [1.29, 1.82) is 0 Å². The van der Waals surface area contributed by atoms with Gasteiger partial charge in [-0.3, -0.25) is 4.79 Å². The maximum absolute atomic E-state index is 10.8. The minimum absolute atomic E-state index is 0.000289. The van der Waals surface area contributed by atoms with Gasteiger partial charge in [0.25, 0.3) is 0 Å². The summed E-state index contributed by atoms with van der Waals surface area (Å²) in [5.41, 5.74) is 5.72. The number of methoxy groups -OCH3 is 1. The molecule has 0 atom stereocenters. The number of nitrogens with two attached hydrogens (primary N) is 1. The first-order chi connectivity index (χ1) is 9.67. The molecule has 1 aromatic carbocycles. The Morgan fingerprint density at radius 2 is 1.80 bits per heavy atom. The molecule has 2 N–H and O–H groups in total. The van der Waals surface area contributed by atoms with E-state index in [0.717, 1.165) is 12.8 Å². The Balaban J connectivity index is 0. The van der Waals surface area contributed by atoms with Crippen LogP contribution in [0.25, 0.3) is 0 Å². The third-order valence-electron chi connectivity index (χ3n) is 2.20. The number of hydrogen-bond donors (Lipinski definition) is 1. The molecule has 0 saturated heterocycles. The van der Waals surface area contributed by atoms with E-state index in [0.29, 0.717) is 11.5 Å². The first kappa shape index (κ1) is 20.8. The van der Waals surface area contributed by atoms with Crippen molar-refractivity contribution in [2.75, 3.05) is 20.8 Å². The third kappa shape index (κ3) is 8.53. The summed E-state index contributed by atoms with van der Waals surface area (Å²) in [6.07, 6.45) is 2.11. The van der Waals surface area contributed by atoms with E-state index >= 15 is 0 Å². The second-order valence-corrected chi connectivity index (χ2v) is 3.73. The van der Waals surface area contributed by atoms with Gasteiger partial charge in [-0.15, -0.1) is 0 Å². The normalized spacial score (nSPS) is 8.55.